The highest BCUT2D eigenvalue weighted by Gasteiger charge is 2.35. The predicted molar refractivity (Wildman–Crippen MR) is 113 cm³/mol. The average molecular weight is 394 g/mol. The molecule has 2 aromatic carbocycles. The first-order valence-electron chi connectivity index (χ1n) is 9.98. The summed E-state index contributed by atoms with van der Waals surface area (Å²) in [7, 11) is 0. The molecule has 0 unspecified atom stereocenters. The molecule has 3 rings (SSSR count). The molecule has 0 amide bonds. The van der Waals surface area contributed by atoms with Crippen molar-refractivity contribution in [2.75, 3.05) is 0 Å². The summed E-state index contributed by atoms with van der Waals surface area (Å²) < 4.78 is 13.9. The molecule has 29 heavy (non-hydrogen) atoms. The lowest BCUT2D eigenvalue weighted by molar-refractivity contribution is 0.0889. The lowest BCUT2D eigenvalue weighted by atomic mass is 9.72. The van der Waals surface area contributed by atoms with E-state index in [-0.39, 0.29) is 34.6 Å². The largest absolute Gasteiger partial charge is 0.507 e. The zero-order valence-electron chi connectivity index (χ0n) is 16.9. The van der Waals surface area contributed by atoms with Gasteiger partial charge >= 0.3 is 0 Å². The molecule has 2 aromatic rings. The van der Waals surface area contributed by atoms with Gasteiger partial charge in [0.05, 0.1) is 0 Å². The fourth-order valence-corrected chi connectivity index (χ4v) is 4.06. The summed E-state index contributed by atoms with van der Waals surface area (Å²) in [5.74, 6) is -1.78. The van der Waals surface area contributed by atoms with Gasteiger partial charge in [-0.3, -0.25) is 4.79 Å². The molecule has 0 spiro atoms. The van der Waals surface area contributed by atoms with Crippen LogP contribution in [0.5, 0.6) is 11.5 Å². The highest BCUT2D eigenvalue weighted by atomic mass is 19.1. The predicted octanol–water partition coefficient (Wildman–Crippen LogP) is 6.29. The number of ketones is 1. The summed E-state index contributed by atoms with van der Waals surface area (Å²) in [5, 5.41) is 20.3. The van der Waals surface area contributed by atoms with Crippen LogP contribution in [0.4, 0.5) is 4.39 Å². The molecule has 1 aliphatic rings. The van der Waals surface area contributed by atoms with Crippen molar-refractivity contribution in [3.8, 4) is 11.5 Å². The third-order valence-electron chi connectivity index (χ3n) is 5.53. The number of Topliss-reactive ketones (excluding diaryl/α,β-unsaturated/α-hetero) is 1. The second-order valence-electron chi connectivity index (χ2n) is 7.93. The maximum Gasteiger partial charge on any atom is 0.174 e. The monoisotopic (exact) mass is 394 g/mol. The molecule has 0 aromatic heterocycles. The Morgan fingerprint density at radius 3 is 2.48 bits per heavy atom. The van der Waals surface area contributed by atoms with E-state index in [0.29, 0.717) is 12.8 Å². The average Bonchev–Trinajstić information content (AvgIpc) is 2.67. The van der Waals surface area contributed by atoms with E-state index in [4.69, 9.17) is 0 Å². The van der Waals surface area contributed by atoms with Gasteiger partial charge in [-0.2, -0.15) is 0 Å². The molecule has 0 aliphatic heterocycles. The Bertz CT molecular complexity index is 934. The van der Waals surface area contributed by atoms with E-state index in [2.05, 4.69) is 26.0 Å². The zero-order valence-corrected chi connectivity index (χ0v) is 16.9. The van der Waals surface area contributed by atoms with Crippen molar-refractivity contribution >= 4 is 5.78 Å². The molecule has 0 saturated heterocycles. The third kappa shape index (κ3) is 4.94. The van der Waals surface area contributed by atoms with Gasteiger partial charge in [-0.05, 0) is 75.3 Å². The van der Waals surface area contributed by atoms with Gasteiger partial charge in [0.2, 0.25) is 0 Å². The van der Waals surface area contributed by atoms with Gasteiger partial charge in [-0.15, -0.1) is 0 Å². The maximum atomic E-state index is 13.9. The Hall–Kier alpha value is -2.88. The second-order valence-corrected chi connectivity index (χ2v) is 7.93. The van der Waals surface area contributed by atoms with E-state index in [1.54, 1.807) is 6.07 Å². The van der Waals surface area contributed by atoms with Crippen LogP contribution in [-0.4, -0.2) is 16.0 Å². The fourth-order valence-electron chi connectivity index (χ4n) is 4.06. The van der Waals surface area contributed by atoms with Gasteiger partial charge in [-0.1, -0.05) is 41.5 Å². The highest BCUT2D eigenvalue weighted by molar-refractivity contribution is 6.03. The third-order valence-corrected chi connectivity index (χ3v) is 5.53. The molecule has 0 radical (unpaired) electrons. The molecular formula is C25H27FO3. The van der Waals surface area contributed by atoms with E-state index >= 15 is 0 Å². The minimum absolute atomic E-state index is 0.0553. The second kappa shape index (κ2) is 9.08. The number of halogens is 1. The number of phenolic OH excluding ortho intramolecular Hbond substituents is 2. The lowest BCUT2D eigenvalue weighted by Gasteiger charge is -2.31. The molecule has 0 saturated carbocycles. The molecule has 2 N–H and O–H groups in total. The van der Waals surface area contributed by atoms with Crippen LogP contribution in [0.1, 0.15) is 61.4 Å². The molecule has 4 heteroatoms. The minimum atomic E-state index is -0.469. The first kappa shape index (κ1) is 20.8. The van der Waals surface area contributed by atoms with E-state index in [9.17, 15) is 19.4 Å². The number of allylic oxidation sites excluding steroid dienone is 4. The number of hydrogen-bond donors (Lipinski definition) is 2. The van der Waals surface area contributed by atoms with Crippen LogP contribution in [0.2, 0.25) is 0 Å². The number of aromatic hydroxyl groups is 2. The number of benzene rings is 2. The Labute approximate surface area is 171 Å². The van der Waals surface area contributed by atoms with Crippen molar-refractivity contribution in [2.45, 2.75) is 45.4 Å². The van der Waals surface area contributed by atoms with Crippen LogP contribution in [0.3, 0.4) is 0 Å². The van der Waals surface area contributed by atoms with Crippen molar-refractivity contribution in [1.82, 2.24) is 0 Å². The summed E-state index contributed by atoms with van der Waals surface area (Å²) in [5.41, 5.74) is 3.24. The summed E-state index contributed by atoms with van der Waals surface area (Å²) in [4.78, 5) is 13.3. The Morgan fingerprint density at radius 2 is 1.83 bits per heavy atom. The normalized spacial score (nSPS) is 18.8. The van der Waals surface area contributed by atoms with Crippen LogP contribution in [0, 0.1) is 11.7 Å². The highest BCUT2D eigenvalue weighted by Crippen LogP contribution is 2.43. The SMILES string of the molecule is CC(C)=CCCC1=CC[C@H](C(=O)c2c(O)cccc2O)[C@@H](c2cccc(F)c2)C1. The maximum absolute atomic E-state index is 13.9. The molecule has 3 nitrogen and oxygen atoms in total. The Balaban J connectivity index is 1.94. The molecule has 0 bridgehead atoms. The number of hydrogen-bond acceptors (Lipinski definition) is 3. The summed E-state index contributed by atoms with van der Waals surface area (Å²) in [6, 6.07) is 10.7. The smallest absolute Gasteiger partial charge is 0.174 e. The summed E-state index contributed by atoms with van der Waals surface area (Å²) in [6.07, 6.45) is 7.27. The quantitative estimate of drug-likeness (QED) is 0.447. The first-order chi connectivity index (χ1) is 13.9. The van der Waals surface area contributed by atoms with E-state index in [1.807, 2.05) is 6.07 Å². The van der Waals surface area contributed by atoms with Crippen molar-refractivity contribution in [3.05, 3.63) is 82.7 Å². The fraction of sp³-hybridized carbons (Fsp3) is 0.320. The summed E-state index contributed by atoms with van der Waals surface area (Å²) in [6.45, 7) is 4.14. The zero-order chi connectivity index (χ0) is 21.0. The van der Waals surface area contributed by atoms with Crippen molar-refractivity contribution in [1.29, 1.82) is 0 Å². The van der Waals surface area contributed by atoms with Crippen LogP contribution < -0.4 is 0 Å². The van der Waals surface area contributed by atoms with Crippen LogP contribution >= 0.6 is 0 Å². The van der Waals surface area contributed by atoms with Gasteiger partial charge < -0.3 is 10.2 Å². The summed E-state index contributed by atoms with van der Waals surface area (Å²) >= 11 is 0. The number of carbonyl (C=O) groups is 1. The van der Waals surface area contributed by atoms with Crippen LogP contribution in [0.25, 0.3) is 0 Å². The van der Waals surface area contributed by atoms with Crippen molar-refractivity contribution in [3.63, 3.8) is 0 Å². The standard InChI is InChI=1S/C25H27FO3/c1-16(2)6-3-7-17-12-13-20(21(14-17)18-8-4-9-19(26)15-18)25(29)24-22(27)10-5-11-23(24)28/h4-6,8-12,15,20-21,27-28H,3,7,13-14H2,1-2H3/t20-,21+/m0/s1. The van der Waals surface area contributed by atoms with Crippen molar-refractivity contribution in [2.24, 2.45) is 5.92 Å². The van der Waals surface area contributed by atoms with Gasteiger partial charge in [0.25, 0.3) is 0 Å². The van der Waals surface area contributed by atoms with E-state index in [0.717, 1.165) is 18.4 Å². The van der Waals surface area contributed by atoms with Crippen LogP contribution in [0.15, 0.2) is 65.8 Å². The van der Waals surface area contributed by atoms with Gasteiger partial charge in [0.15, 0.2) is 5.78 Å². The molecule has 152 valence electrons. The van der Waals surface area contributed by atoms with Gasteiger partial charge in [-0.25, -0.2) is 4.39 Å². The minimum Gasteiger partial charge on any atom is -0.507 e. The topological polar surface area (TPSA) is 57.5 Å². The number of phenols is 2. The van der Waals surface area contributed by atoms with Crippen LogP contribution in [-0.2, 0) is 0 Å². The molecule has 2 atom stereocenters. The number of rotatable bonds is 6. The molecule has 0 heterocycles. The molecular weight excluding hydrogens is 367 g/mol. The van der Waals surface area contributed by atoms with E-state index in [1.165, 1.54) is 41.5 Å². The van der Waals surface area contributed by atoms with E-state index < -0.39 is 5.92 Å². The lowest BCUT2D eigenvalue weighted by Crippen LogP contribution is -2.26. The molecule has 0 fully saturated rings. The van der Waals surface area contributed by atoms with Gasteiger partial charge in [0.1, 0.15) is 22.9 Å². The Kier molecular flexibility index (Phi) is 6.53. The Morgan fingerprint density at radius 1 is 1.14 bits per heavy atom. The van der Waals surface area contributed by atoms with Gasteiger partial charge in [0, 0.05) is 5.92 Å². The molecule has 1 aliphatic carbocycles. The van der Waals surface area contributed by atoms with Crippen molar-refractivity contribution < 1.29 is 19.4 Å². The number of carbonyl (C=O) groups excluding carboxylic acids is 1. The first-order valence-corrected chi connectivity index (χ1v) is 9.98.